The number of aliphatic hydroxyl groups is 1. The number of hydrogen-bond donors (Lipinski definition) is 1. The van der Waals surface area contributed by atoms with Crippen LogP contribution in [0.2, 0.25) is 0 Å². The smallest absolute Gasteiger partial charge is 0.165 e. The lowest BCUT2D eigenvalue weighted by Crippen LogP contribution is -2.07. The molecule has 324 valence electrons. The van der Waals surface area contributed by atoms with Crippen LogP contribution in [-0.4, -0.2) is 45.7 Å². The minimum Gasteiger partial charge on any atom is -0.491 e. The molecule has 0 saturated heterocycles. The van der Waals surface area contributed by atoms with Gasteiger partial charge in [-0.2, -0.15) is 0 Å². The van der Waals surface area contributed by atoms with E-state index in [0.717, 1.165) is 85.4 Å². The van der Waals surface area contributed by atoms with Crippen LogP contribution in [0.3, 0.4) is 0 Å². The van der Waals surface area contributed by atoms with Crippen LogP contribution in [0.4, 0.5) is 0 Å². The maximum absolute atomic E-state index is 12.1. The molecule has 2 unspecified atom stereocenters. The number of aliphatic hydroxyl groups excluding tert-OH is 1. The third-order valence-corrected chi connectivity index (χ3v) is 9.99. The highest BCUT2D eigenvalue weighted by atomic mass is 16.5. The van der Waals surface area contributed by atoms with E-state index in [9.17, 15) is 9.90 Å². The van der Waals surface area contributed by atoms with E-state index in [1.807, 2.05) is 99.6 Å². The number of Topliss-reactive ketones (excluding diaryl/α,β-unsaturated/α-hetero) is 1. The molecule has 1 N–H and O–H groups in total. The van der Waals surface area contributed by atoms with Gasteiger partial charge in [0, 0.05) is 33.9 Å². The molecule has 2 aromatic heterocycles. The third-order valence-electron chi connectivity index (χ3n) is 9.99. The molecule has 60 heavy (non-hydrogen) atoms. The van der Waals surface area contributed by atoms with Gasteiger partial charge in [-0.1, -0.05) is 55.4 Å². The molecule has 0 fully saturated rings. The Balaban J connectivity index is 0.000000238. The Labute approximate surface area is 359 Å². The van der Waals surface area contributed by atoms with Crippen LogP contribution >= 0.6 is 0 Å². The summed E-state index contributed by atoms with van der Waals surface area (Å²) >= 11 is 0. The van der Waals surface area contributed by atoms with Crippen molar-refractivity contribution in [3.05, 3.63) is 116 Å². The topological polar surface area (TPSA) is 120 Å². The predicted octanol–water partition coefficient (Wildman–Crippen LogP) is 13.3. The quantitative estimate of drug-likeness (QED) is 0.131. The molecule has 5 aromatic rings. The Bertz CT molecular complexity index is 2260. The first kappa shape index (κ1) is 49.2. The van der Waals surface area contributed by atoms with Crippen LogP contribution in [0.15, 0.2) is 74.2 Å². The molecule has 0 saturated carbocycles. The summed E-state index contributed by atoms with van der Waals surface area (Å²) in [6, 6.07) is 18.4. The summed E-state index contributed by atoms with van der Waals surface area (Å²) in [5, 5.41) is 17.9. The molecule has 0 spiro atoms. The molecule has 6 rings (SSSR count). The van der Waals surface area contributed by atoms with E-state index in [2.05, 4.69) is 74.2 Å². The molecule has 3 heterocycles. The molecule has 0 aliphatic carbocycles. The van der Waals surface area contributed by atoms with Crippen LogP contribution in [0.1, 0.15) is 150 Å². The maximum atomic E-state index is 12.1. The van der Waals surface area contributed by atoms with Crippen molar-refractivity contribution in [3.63, 3.8) is 0 Å². The second-order valence-electron chi connectivity index (χ2n) is 16.7. The van der Waals surface area contributed by atoms with Crippen molar-refractivity contribution in [2.24, 2.45) is 10.9 Å². The first-order valence-electron chi connectivity index (χ1n) is 20.7. The first-order chi connectivity index (χ1) is 27.7. The number of rotatable bonds is 11. The molecule has 9 heteroatoms. The van der Waals surface area contributed by atoms with Gasteiger partial charge in [0.25, 0.3) is 0 Å². The van der Waals surface area contributed by atoms with Gasteiger partial charge in [0.2, 0.25) is 0 Å². The third kappa shape index (κ3) is 12.7. The number of carbonyl (C=O) groups excluding carboxylic acids is 1. The molecule has 9 nitrogen and oxygen atoms in total. The maximum Gasteiger partial charge on any atom is 0.165 e. The number of allylic oxidation sites excluding steroid dienone is 1. The van der Waals surface area contributed by atoms with E-state index in [0.29, 0.717) is 0 Å². The number of nitrogens with zero attached hydrogens (tertiary/aromatic N) is 3. The molecule has 0 amide bonds. The zero-order valence-corrected chi connectivity index (χ0v) is 38.1. The highest BCUT2D eigenvalue weighted by Crippen LogP contribution is 2.34. The molecular formula is C51H69N3O6. The summed E-state index contributed by atoms with van der Waals surface area (Å²) in [4.78, 5) is 16.6. The molecule has 2 atom stereocenters. The van der Waals surface area contributed by atoms with Crippen molar-refractivity contribution < 1.29 is 28.4 Å². The number of benzene rings is 3. The largest absolute Gasteiger partial charge is 0.491 e. The minimum absolute atomic E-state index is 0. The monoisotopic (exact) mass is 820 g/mol. The van der Waals surface area contributed by atoms with Crippen LogP contribution in [0, 0.1) is 47.5 Å². The van der Waals surface area contributed by atoms with Gasteiger partial charge < -0.3 is 23.6 Å². The van der Waals surface area contributed by atoms with E-state index in [4.69, 9.17) is 18.5 Å². The normalized spacial score (nSPS) is 13.4. The standard InChI is InChI=1S/2C17H23NO2.C16H19NO2.CH4/c1-10(2)20-16-7-14(13(5)19)6-15(8-16)17-11(3)9-18-12(17)4;1-10(2)19-13(5)15-7-11(3)8-16(9-15)17-12(4)18-20-14(17)6;1-9(2)16(18)14-7-10(3)6-13(8-14)15-11(4)17-19-12(15)5;/h6-8,10,13,19H,9H2,1-5H3;7-10,13H,1-6H3;6-9H,1-5H3;1H4. The van der Waals surface area contributed by atoms with Gasteiger partial charge in [0.05, 0.1) is 42.3 Å². The SMILES string of the molecule is C.CC1=NCC(C)=C1c1cc(OC(C)C)cc(C(C)O)c1.Cc1cc(-c2c(C)noc2C)cc(C(C)OC(C)C)c1.Cc1cc(C(=O)C(C)C)cc(-c2c(C)noc2C)c1. The fourth-order valence-electron chi connectivity index (χ4n) is 7.38. The van der Waals surface area contributed by atoms with Crippen molar-refractivity contribution in [3.8, 4) is 28.0 Å². The van der Waals surface area contributed by atoms with Gasteiger partial charge >= 0.3 is 0 Å². The van der Waals surface area contributed by atoms with Gasteiger partial charge in [0.1, 0.15) is 17.3 Å². The van der Waals surface area contributed by atoms with Gasteiger partial charge in [0.15, 0.2) is 5.78 Å². The van der Waals surface area contributed by atoms with Crippen LogP contribution in [0.5, 0.6) is 5.75 Å². The van der Waals surface area contributed by atoms with E-state index in [-0.39, 0.29) is 37.4 Å². The summed E-state index contributed by atoms with van der Waals surface area (Å²) in [6.45, 7) is 32.5. The summed E-state index contributed by atoms with van der Waals surface area (Å²) in [5.41, 5.74) is 15.7. The first-order valence-corrected chi connectivity index (χ1v) is 20.7. The fourth-order valence-corrected chi connectivity index (χ4v) is 7.38. The highest BCUT2D eigenvalue weighted by molar-refractivity contribution is 6.25. The zero-order chi connectivity index (χ0) is 43.9. The van der Waals surface area contributed by atoms with E-state index in [1.165, 1.54) is 22.3 Å². The minimum atomic E-state index is -0.510. The number of aryl methyl sites for hydroxylation is 6. The Morgan fingerprint density at radius 3 is 1.63 bits per heavy atom. The molecule has 0 radical (unpaired) electrons. The van der Waals surface area contributed by atoms with Crippen molar-refractivity contribution in [1.29, 1.82) is 0 Å². The number of hydrogen-bond acceptors (Lipinski definition) is 9. The average molecular weight is 820 g/mol. The number of carbonyl (C=O) groups is 1. The Morgan fingerprint density at radius 1 is 0.650 bits per heavy atom. The summed E-state index contributed by atoms with van der Waals surface area (Å²) in [6.07, 6.45) is -0.105. The van der Waals surface area contributed by atoms with Crippen molar-refractivity contribution in [1.82, 2.24) is 10.3 Å². The van der Waals surface area contributed by atoms with Crippen molar-refractivity contribution >= 4 is 17.1 Å². The Morgan fingerprint density at radius 2 is 1.18 bits per heavy atom. The van der Waals surface area contributed by atoms with Crippen LogP contribution in [-0.2, 0) is 4.74 Å². The second-order valence-corrected chi connectivity index (χ2v) is 16.7. The lowest BCUT2D eigenvalue weighted by atomic mass is 9.94. The predicted molar refractivity (Wildman–Crippen MR) is 246 cm³/mol. The lowest BCUT2D eigenvalue weighted by molar-refractivity contribution is 0.0178. The van der Waals surface area contributed by atoms with Crippen LogP contribution < -0.4 is 4.74 Å². The molecular weight excluding hydrogens is 751 g/mol. The number of ketones is 1. The summed E-state index contributed by atoms with van der Waals surface area (Å²) < 4.78 is 22.2. The molecule has 0 bridgehead atoms. The average Bonchev–Trinajstić information content (AvgIpc) is 3.79. The second kappa shape index (κ2) is 21.4. The number of aromatic nitrogens is 2. The Kier molecular flexibility index (Phi) is 17.6. The van der Waals surface area contributed by atoms with Gasteiger partial charge in [-0.3, -0.25) is 9.79 Å². The van der Waals surface area contributed by atoms with Gasteiger partial charge in [-0.05, 0) is 172 Å². The zero-order valence-electron chi connectivity index (χ0n) is 38.1. The summed E-state index contributed by atoms with van der Waals surface area (Å²) in [7, 11) is 0. The molecule has 1 aliphatic heterocycles. The van der Waals surface area contributed by atoms with Crippen LogP contribution in [0.25, 0.3) is 27.8 Å². The van der Waals surface area contributed by atoms with Gasteiger partial charge in [-0.15, -0.1) is 0 Å². The van der Waals surface area contributed by atoms with Gasteiger partial charge in [-0.25, -0.2) is 0 Å². The molecule has 1 aliphatic rings. The van der Waals surface area contributed by atoms with E-state index < -0.39 is 6.10 Å². The lowest BCUT2D eigenvalue weighted by Gasteiger charge is -2.18. The fraction of sp³-hybridized carbons (Fsp3) is 0.451. The number of ether oxygens (including phenoxy) is 2. The highest BCUT2D eigenvalue weighted by Gasteiger charge is 2.19. The van der Waals surface area contributed by atoms with E-state index in [1.54, 1.807) is 6.92 Å². The van der Waals surface area contributed by atoms with Crippen molar-refractivity contribution in [2.75, 3.05) is 6.54 Å². The Hall–Kier alpha value is -5.12. The molecule has 3 aromatic carbocycles. The van der Waals surface area contributed by atoms with Crippen molar-refractivity contribution in [2.45, 2.75) is 143 Å². The summed E-state index contributed by atoms with van der Waals surface area (Å²) in [5.74, 6) is 2.60. The number of aliphatic imine (C=N–C) groups is 1. The van der Waals surface area contributed by atoms with E-state index >= 15 is 0 Å².